The lowest BCUT2D eigenvalue weighted by Crippen LogP contribution is -2.37. The Balaban J connectivity index is 3.08. The SMILES string of the molecule is CCC(CC)(CC)CCCC(O[Si](CC)(CC)CC)c1c(Cl)cncc1Cl. The number of hydrogen-bond donors (Lipinski definition) is 0. The predicted octanol–water partition coefficient (Wildman–Crippen LogP) is 8.84. The Morgan fingerprint density at radius 3 is 1.81 bits per heavy atom. The van der Waals surface area contributed by atoms with E-state index in [-0.39, 0.29) is 6.10 Å². The second-order valence-electron chi connectivity index (χ2n) is 7.82. The molecule has 1 rings (SSSR count). The fourth-order valence-electron chi connectivity index (χ4n) is 4.24. The van der Waals surface area contributed by atoms with Crippen molar-refractivity contribution in [2.24, 2.45) is 5.41 Å². The first-order valence-electron chi connectivity index (χ1n) is 10.8. The van der Waals surface area contributed by atoms with Crippen LogP contribution in [0.3, 0.4) is 0 Å². The van der Waals surface area contributed by atoms with Gasteiger partial charge in [0, 0.05) is 18.0 Å². The van der Waals surface area contributed by atoms with E-state index in [0.717, 1.165) is 36.5 Å². The van der Waals surface area contributed by atoms with E-state index < -0.39 is 8.32 Å². The monoisotopic (exact) mass is 431 g/mol. The van der Waals surface area contributed by atoms with Gasteiger partial charge in [0.15, 0.2) is 8.32 Å². The second-order valence-corrected chi connectivity index (χ2v) is 13.4. The van der Waals surface area contributed by atoms with E-state index in [9.17, 15) is 0 Å². The molecule has 0 spiro atoms. The molecule has 0 fully saturated rings. The summed E-state index contributed by atoms with van der Waals surface area (Å²) in [5.41, 5.74) is 1.39. The van der Waals surface area contributed by atoms with Gasteiger partial charge in [-0.05, 0) is 36.4 Å². The second kappa shape index (κ2) is 11.8. The Labute approximate surface area is 178 Å². The quantitative estimate of drug-likeness (QED) is 0.290. The van der Waals surface area contributed by atoms with Gasteiger partial charge in [-0.25, -0.2) is 0 Å². The molecular weight excluding hydrogens is 393 g/mol. The van der Waals surface area contributed by atoms with Crippen LogP contribution in [0.25, 0.3) is 0 Å². The van der Waals surface area contributed by atoms with Crippen molar-refractivity contribution in [1.82, 2.24) is 4.98 Å². The lowest BCUT2D eigenvalue weighted by molar-refractivity contribution is 0.156. The predicted molar refractivity (Wildman–Crippen MR) is 122 cm³/mol. The van der Waals surface area contributed by atoms with E-state index in [2.05, 4.69) is 46.5 Å². The van der Waals surface area contributed by atoms with Gasteiger partial charge in [-0.3, -0.25) is 4.98 Å². The first-order chi connectivity index (χ1) is 12.9. The number of halogens is 2. The summed E-state index contributed by atoms with van der Waals surface area (Å²) in [5, 5.41) is 1.26. The van der Waals surface area contributed by atoms with Crippen molar-refractivity contribution in [2.75, 3.05) is 0 Å². The molecule has 1 atom stereocenters. The van der Waals surface area contributed by atoms with E-state index in [4.69, 9.17) is 27.6 Å². The van der Waals surface area contributed by atoms with Crippen molar-refractivity contribution in [3.8, 4) is 0 Å². The summed E-state index contributed by atoms with van der Waals surface area (Å²) in [7, 11) is -1.77. The largest absolute Gasteiger partial charge is 0.410 e. The molecule has 1 aromatic rings. The summed E-state index contributed by atoms with van der Waals surface area (Å²) >= 11 is 13.0. The van der Waals surface area contributed by atoms with Crippen molar-refractivity contribution in [2.45, 2.75) is 104 Å². The average Bonchev–Trinajstić information content (AvgIpc) is 2.69. The highest BCUT2D eigenvalue weighted by molar-refractivity contribution is 6.73. The summed E-state index contributed by atoms with van der Waals surface area (Å²) in [6.45, 7) is 13.8. The van der Waals surface area contributed by atoms with Crippen LogP contribution < -0.4 is 0 Å². The number of pyridine rings is 1. The molecule has 0 aliphatic heterocycles. The molecule has 0 bridgehead atoms. The van der Waals surface area contributed by atoms with Crippen molar-refractivity contribution >= 4 is 31.5 Å². The van der Waals surface area contributed by atoms with E-state index >= 15 is 0 Å². The zero-order chi connectivity index (χ0) is 20.5. The van der Waals surface area contributed by atoms with Crippen molar-refractivity contribution in [1.29, 1.82) is 0 Å². The van der Waals surface area contributed by atoms with Crippen molar-refractivity contribution < 1.29 is 4.43 Å². The molecule has 5 heteroatoms. The van der Waals surface area contributed by atoms with E-state index in [0.29, 0.717) is 15.5 Å². The Hall–Kier alpha value is -0.0931. The summed E-state index contributed by atoms with van der Waals surface area (Å²) in [6, 6.07) is 3.37. The topological polar surface area (TPSA) is 22.1 Å². The van der Waals surface area contributed by atoms with Crippen LogP contribution in [0.2, 0.25) is 28.2 Å². The normalized spacial score (nSPS) is 13.8. The molecule has 0 aliphatic carbocycles. The Kier molecular flexibility index (Phi) is 10.9. The third-order valence-electron chi connectivity index (χ3n) is 6.96. The third kappa shape index (κ3) is 6.45. The molecule has 0 radical (unpaired) electrons. The number of nitrogens with zero attached hydrogens (tertiary/aromatic N) is 1. The molecule has 2 nitrogen and oxygen atoms in total. The van der Waals surface area contributed by atoms with Gasteiger partial charge >= 0.3 is 0 Å². The highest BCUT2D eigenvalue weighted by Gasteiger charge is 2.34. The van der Waals surface area contributed by atoms with Gasteiger partial charge in [0.2, 0.25) is 0 Å². The standard InChI is InChI=1S/C22H39Cl2NOSi/c1-7-22(8-2,9-3)15-13-14-20(26-27(10-4,11-5)12-6)21-18(23)16-25-17-19(21)24/h16-17,20H,7-15H2,1-6H3. The zero-order valence-corrected chi connectivity index (χ0v) is 20.7. The molecule has 1 aromatic heterocycles. The molecule has 0 aromatic carbocycles. The Bertz CT molecular complexity index is 522. The summed E-state index contributed by atoms with van der Waals surface area (Å²) in [5.74, 6) is 0. The van der Waals surface area contributed by atoms with Gasteiger partial charge in [-0.15, -0.1) is 0 Å². The molecule has 156 valence electrons. The van der Waals surface area contributed by atoms with Gasteiger partial charge in [0.1, 0.15) is 0 Å². The molecule has 0 aliphatic rings. The van der Waals surface area contributed by atoms with Crippen LogP contribution in [0.4, 0.5) is 0 Å². The van der Waals surface area contributed by atoms with Gasteiger partial charge in [-0.2, -0.15) is 0 Å². The van der Waals surface area contributed by atoms with Crippen LogP contribution in [0.5, 0.6) is 0 Å². The summed E-state index contributed by atoms with van der Waals surface area (Å²) in [4.78, 5) is 4.14. The minimum absolute atomic E-state index is 0.0252. The van der Waals surface area contributed by atoms with Gasteiger partial charge in [0.05, 0.1) is 16.1 Å². The highest BCUT2D eigenvalue weighted by atomic mass is 35.5. The third-order valence-corrected chi connectivity index (χ3v) is 12.2. The van der Waals surface area contributed by atoms with Crippen molar-refractivity contribution in [3.05, 3.63) is 28.0 Å². The molecule has 27 heavy (non-hydrogen) atoms. The fraction of sp³-hybridized carbons (Fsp3) is 0.773. The van der Waals surface area contributed by atoms with Crippen LogP contribution in [-0.2, 0) is 4.43 Å². The molecule has 0 saturated carbocycles. The zero-order valence-electron chi connectivity index (χ0n) is 18.2. The van der Waals surface area contributed by atoms with E-state index in [1.807, 2.05) is 0 Å². The molecule has 1 heterocycles. The maximum Gasteiger partial charge on any atom is 0.192 e. The molecular formula is C22H39Cl2NOSi. The van der Waals surface area contributed by atoms with E-state index in [1.165, 1.54) is 25.7 Å². The van der Waals surface area contributed by atoms with Gasteiger partial charge < -0.3 is 4.43 Å². The van der Waals surface area contributed by atoms with Crippen LogP contribution in [0, 0.1) is 5.41 Å². The number of rotatable bonds is 13. The Morgan fingerprint density at radius 2 is 1.41 bits per heavy atom. The minimum Gasteiger partial charge on any atom is -0.410 e. The molecule has 0 amide bonds. The lowest BCUT2D eigenvalue weighted by atomic mass is 9.75. The maximum atomic E-state index is 6.89. The average molecular weight is 433 g/mol. The summed E-state index contributed by atoms with van der Waals surface area (Å²) in [6.07, 6.45) is 10.4. The van der Waals surface area contributed by atoms with E-state index in [1.54, 1.807) is 12.4 Å². The van der Waals surface area contributed by atoms with Crippen LogP contribution in [0.15, 0.2) is 12.4 Å². The maximum absolute atomic E-state index is 6.89. The Morgan fingerprint density at radius 1 is 0.926 bits per heavy atom. The molecule has 0 N–H and O–H groups in total. The van der Waals surface area contributed by atoms with Crippen LogP contribution in [0.1, 0.15) is 91.7 Å². The smallest absolute Gasteiger partial charge is 0.192 e. The summed E-state index contributed by atoms with van der Waals surface area (Å²) < 4.78 is 6.89. The van der Waals surface area contributed by atoms with Crippen LogP contribution in [-0.4, -0.2) is 13.3 Å². The minimum atomic E-state index is -1.77. The van der Waals surface area contributed by atoms with Crippen LogP contribution >= 0.6 is 23.2 Å². The fourth-order valence-corrected chi connectivity index (χ4v) is 7.68. The first-order valence-corrected chi connectivity index (χ1v) is 14.1. The highest BCUT2D eigenvalue weighted by Crippen LogP contribution is 2.41. The number of aromatic nitrogens is 1. The van der Waals surface area contributed by atoms with Gasteiger partial charge in [0.25, 0.3) is 0 Å². The van der Waals surface area contributed by atoms with Crippen molar-refractivity contribution in [3.63, 3.8) is 0 Å². The first kappa shape index (κ1) is 24.9. The van der Waals surface area contributed by atoms with Gasteiger partial charge in [-0.1, -0.05) is 90.4 Å². The molecule has 0 saturated heterocycles. The molecule has 1 unspecified atom stereocenters. The number of hydrogen-bond acceptors (Lipinski definition) is 2. The lowest BCUT2D eigenvalue weighted by Gasteiger charge is -2.35.